The van der Waals surface area contributed by atoms with Crippen molar-refractivity contribution in [3.63, 3.8) is 0 Å². The Morgan fingerprint density at radius 1 is 0.870 bits per heavy atom. The monoisotopic (exact) mass is 642 g/mol. The van der Waals surface area contributed by atoms with Crippen LogP contribution < -0.4 is 5.32 Å². The molecule has 10 heteroatoms. The summed E-state index contributed by atoms with van der Waals surface area (Å²) in [6.45, 7) is 13.6. The number of carboxylic acids is 2. The van der Waals surface area contributed by atoms with Gasteiger partial charge in [-0.05, 0) is 103 Å². The first-order valence-corrected chi connectivity index (χ1v) is 17.1. The Hall–Kier alpha value is -2.75. The number of nitrogens with one attached hydrogen (secondary N) is 1. The van der Waals surface area contributed by atoms with Gasteiger partial charge in [-0.2, -0.15) is 0 Å². The fourth-order valence-corrected chi connectivity index (χ4v) is 11.5. The van der Waals surface area contributed by atoms with Gasteiger partial charge in [-0.15, -0.1) is 0 Å². The number of nitrogens with zero attached hydrogens (tertiary/aromatic N) is 1. The third-order valence-corrected chi connectivity index (χ3v) is 14.5. The van der Waals surface area contributed by atoms with Crippen molar-refractivity contribution in [1.29, 1.82) is 0 Å². The van der Waals surface area contributed by atoms with E-state index in [0.29, 0.717) is 19.3 Å². The number of carboxylic acid groups (broad SMARTS) is 2. The van der Waals surface area contributed by atoms with E-state index in [0.717, 1.165) is 49.0 Å². The SMILES string of the molecule is CC1(C)[C@@H](O)CC[C@]2(C)[C@H]3C(=O)C=C4[C@@H]5C[C@@](C)(C(=O)N(CC(=O)O)CC(=O)NCC(=O)O)CC[C@]5(C)CC[C@@]4(C)[C@]3(C)CC[C@@H]12. The second-order valence-corrected chi connectivity index (χ2v) is 17.4. The summed E-state index contributed by atoms with van der Waals surface area (Å²) in [7, 11) is 0. The molecule has 0 saturated heterocycles. The highest BCUT2D eigenvalue weighted by Crippen LogP contribution is 2.75. The summed E-state index contributed by atoms with van der Waals surface area (Å²) in [4.78, 5) is 64.9. The number of ketones is 1. The molecule has 10 nitrogen and oxygen atoms in total. The molecule has 46 heavy (non-hydrogen) atoms. The van der Waals surface area contributed by atoms with Crippen molar-refractivity contribution >= 4 is 29.5 Å². The summed E-state index contributed by atoms with van der Waals surface area (Å²) in [6.07, 6.45) is 8.55. The number of allylic oxidation sites excluding steroid dienone is 2. The van der Waals surface area contributed by atoms with Crippen LogP contribution in [0.5, 0.6) is 0 Å². The molecule has 0 bridgehead atoms. The maximum Gasteiger partial charge on any atom is 0.323 e. The molecule has 4 fully saturated rings. The number of aliphatic hydroxyl groups excluding tert-OH is 1. The quantitative estimate of drug-likeness (QED) is 0.317. The van der Waals surface area contributed by atoms with E-state index in [1.165, 1.54) is 0 Å². The van der Waals surface area contributed by atoms with Gasteiger partial charge in [0.1, 0.15) is 19.6 Å². The van der Waals surface area contributed by atoms with E-state index in [9.17, 15) is 34.2 Å². The summed E-state index contributed by atoms with van der Waals surface area (Å²) >= 11 is 0. The van der Waals surface area contributed by atoms with E-state index in [1.807, 2.05) is 13.0 Å². The summed E-state index contributed by atoms with van der Waals surface area (Å²) < 4.78 is 0. The summed E-state index contributed by atoms with van der Waals surface area (Å²) in [5, 5.41) is 31.7. The molecular weight excluding hydrogens is 588 g/mol. The van der Waals surface area contributed by atoms with E-state index >= 15 is 0 Å². The normalized spacial score (nSPS) is 42.7. The van der Waals surface area contributed by atoms with E-state index in [1.54, 1.807) is 0 Å². The molecule has 0 aromatic rings. The van der Waals surface area contributed by atoms with Crippen molar-refractivity contribution in [2.24, 2.45) is 50.2 Å². The van der Waals surface area contributed by atoms with Gasteiger partial charge in [0.25, 0.3) is 0 Å². The minimum absolute atomic E-state index is 0.0571. The van der Waals surface area contributed by atoms with Gasteiger partial charge in [0.15, 0.2) is 5.78 Å². The van der Waals surface area contributed by atoms with E-state index in [2.05, 4.69) is 46.9 Å². The Balaban J connectivity index is 1.49. The van der Waals surface area contributed by atoms with Gasteiger partial charge in [0.2, 0.25) is 11.8 Å². The van der Waals surface area contributed by atoms with Crippen LogP contribution in [0, 0.1) is 50.2 Å². The number of hydrogen-bond donors (Lipinski definition) is 4. The lowest BCUT2D eigenvalue weighted by molar-refractivity contribution is -0.202. The number of aliphatic carboxylic acids is 2. The fraction of sp³-hybridized carbons (Fsp3) is 0.806. The molecule has 4 saturated carbocycles. The van der Waals surface area contributed by atoms with E-state index in [4.69, 9.17) is 5.11 Å². The third-order valence-electron chi connectivity index (χ3n) is 14.5. The highest BCUT2D eigenvalue weighted by Gasteiger charge is 2.70. The standard InChI is InChI=1S/C36H54N2O8/c1-31(2)24-8-11-36(7)29(34(24,5)10-9-25(31)40)23(39)16-21-22-17-33(4,13-12-32(22,3)14-15-35(21,36)6)30(46)38(20-28(44)45)19-26(41)37-18-27(42)43/h16,22,24-25,29,40H,8-15,17-20H2,1-7H3,(H,37,41)(H,42,43)(H,44,45)/t22-,24-,25-,29+,32+,33-,34-,35+,36+/m0/s1. The molecule has 0 spiro atoms. The number of amides is 2. The predicted octanol–water partition coefficient (Wildman–Crippen LogP) is 4.44. The fourth-order valence-electron chi connectivity index (χ4n) is 11.5. The molecule has 5 aliphatic rings. The zero-order valence-corrected chi connectivity index (χ0v) is 28.7. The molecule has 0 aromatic heterocycles. The maximum atomic E-state index is 14.6. The highest BCUT2D eigenvalue weighted by atomic mass is 16.4. The van der Waals surface area contributed by atoms with Crippen LogP contribution >= 0.6 is 0 Å². The second-order valence-electron chi connectivity index (χ2n) is 17.4. The Kier molecular flexibility index (Phi) is 8.39. The Morgan fingerprint density at radius 3 is 2.15 bits per heavy atom. The lowest BCUT2D eigenvalue weighted by Gasteiger charge is -2.70. The molecule has 0 unspecified atom stereocenters. The predicted molar refractivity (Wildman–Crippen MR) is 170 cm³/mol. The summed E-state index contributed by atoms with van der Waals surface area (Å²) in [5.74, 6) is -3.46. The molecule has 0 radical (unpaired) electrons. The first kappa shape index (κ1) is 34.6. The van der Waals surface area contributed by atoms with Crippen molar-refractivity contribution in [1.82, 2.24) is 10.2 Å². The average Bonchev–Trinajstić information content (AvgIpc) is 2.95. The summed E-state index contributed by atoms with van der Waals surface area (Å²) in [5.41, 5.74) is -0.999. The highest BCUT2D eigenvalue weighted by molar-refractivity contribution is 5.96. The van der Waals surface area contributed by atoms with Gasteiger partial charge in [0, 0.05) is 11.3 Å². The van der Waals surface area contributed by atoms with Gasteiger partial charge < -0.3 is 25.5 Å². The topological polar surface area (TPSA) is 161 Å². The smallest absolute Gasteiger partial charge is 0.323 e. The first-order chi connectivity index (χ1) is 21.1. The Labute approximate surface area is 272 Å². The molecule has 5 aliphatic carbocycles. The first-order valence-electron chi connectivity index (χ1n) is 17.1. The van der Waals surface area contributed by atoms with Crippen molar-refractivity contribution < 1.29 is 39.3 Å². The van der Waals surface area contributed by atoms with Crippen molar-refractivity contribution in [3.05, 3.63) is 11.6 Å². The molecule has 256 valence electrons. The van der Waals surface area contributed by atoms with Crippen LogP contribution in [0.4, 0.5) is 0 Å². The lowest BCUT2D eigenvalue weighted by atomic mass is 9.33. The maximum absolute atomic E-state index is 14.6. The molecule has 0 heterocycles. The molecule has 0 aromatic carbocycles. The van der Waals surface area contributed by atoms with E-state index < -0.39 is 48.8 Å². The number of aliphatic hydroxyl groups is 1. The van der Waals surface area contributed by atoms with Gasteiger partial charge >= 0.3 is 11.9 Å². The number of carbonyl (C=O) groups is 5. The number of hydrogen-bond acceptors (Lipinski definition) is 6. The zero-order valence-electron chi connectivity index (χ0n) is 28.7. The molecular formula is C36H54N2O8. The van der Waals surface area contributed by atoms with Crippen LogP contribution in [0.3, 0.4) is 0 Å². The van der Waals surface area contributed by atoms with Gasteiger partial charge in [-0.25, -0.2) is 0 Å². The minimum atomic E-state index is -1.25. The molecule has 4 N–H and O–H groups in total. The largest absolute Gasteiger partial charge is 0.480 e. The minimum Gasteiger partial charge on any atom is -0.480 e. The van der Waals surface area contributed by atoms with Crippen LogP contribution in [-0.4, -0.2) is 75.5 Å². The number of carbonyl (C=O) groups excluding carboxylic acids is 3. The van der Waals surface area contributed by atoms with Crippen molar-refractivity contribution in [3.8, 4) is 0 Å². The lowest BCUT2D eigenvalue weighted by Crippen LogP contribution is -2.66. The van der Waals surface area contributed by atoms with Crippen LogP contribution in [-0.2, 0) is 24.0 Å². The Morgan fingerprint density at radius 2 is 1.52 bits per heavy atom. The van der Waals surface area contributed by atoms with Crippen LogP contribution in [0.15, 0.2) is 11.6 Å². The number of rotatable bonds is 7. The molecule has 9 atom stereocenters. The van der Waals surface area contributed by atoms with Gasteiger partial charge in [-0.1, -0.05) is 54.0 Å². The molecule has 2 amide bonds. The number of fused-ring (bicyclic) bond motifs is 7. The van der Waals surface area contributed by atoms with Crippen molar-refractivity contribution in [2.45, 2.75) is 112 Å². The van der Waals surface area contributed by atoms with Crippen LogP contribution in [0.2, 0.25) is 0 Å². The van der Waals surface area contributed by atoms with Crippen molar-refractivity contribution in [2.75, 3.05) is 19.6 Å². The van der Waals surface area contributed by atoms with Gasteiger partial charge in [-0.3, -0.25) is 24.0 Å². The third kappa shape index (κ3) is 5.12. The van der Waals surface area contributed by atoms with Crippen LogP contribution in [0.25, 0.3) is 0 Å². The zero-order chi connectivity index (χ0) is 34.3. The summed E-state index contributed by atoms with van der Waals surface area (Å²) in [6, 6.07) is 0. The second kappa shape index (κ2) is 11.2. The molecule has 5 rings (SSSR count). The van der Waals surface area contributed by atoms with E-state index in [-0.39, 0.29) is 56.7 Å². The van der Waals surface area contributed by atoms with Crippen LogP contribution in [0.1, 0.15) is 106 Å². The molecule has 0 aliphatic heterocycles. The average molecular weight is 643 g/mol. The Bertz CT molecular complexity index is 1370. The van der Waals surface area contributed by atoms with Gasteiger partial charge in [0.05, 0.1) is 6.10 Å².